The Bertz CT molecular complexity index is 934. The van der Waals surface area contributed by atoms with E-state index in [9.17, 15) is 10.2 Å². The van der Waals surface area contributed by atoms with Gasteiger partial charge in [-0.05, 0) is 119 Å². The Morgan fingerprint density at radius 1 is 0.944 bits per heavy atom. The van der Waals surface area contributed by atoms with Gasteiger partial charge in [-0.2, -0.15) is 0 Å². The van der Waals surface area contributed by atoms with Crippen molar-refractivity contribution in [2.24, 2.45) is 0 Å². The lowest BCUT2D eigenvalue weighted by atomic mass is 9.86. The predicted molar refractivity (Wildman–Crippen MR) is 155 cm³/mol. The number of aliphatic hydroxyl groups excluding tert-OH is 1. The molecule has 0 saturated carbocycles. The molecule has 0 bridgehead atoms. The normalized spacial score (nSPS) is 14.5. The summed E-state index contributed by atoms with van der Waals surface area (Å²) < 4.78 is 5.59. The number of benzene rings is 2. The fraction of sp³-hybridized carbons (Fsp3) is 0.438. The molecule has 1 saturated heterocycles. The third-order valence-electron chi connectivity index (χ3n) is 5.83. The highest BCUT2D eigenvalue weighted by molar-refractivity contribution is 5.85. The van der Waals surface area contributed by atoms with E-state index in [4.69, 9.17) is 4.74 Å². The first-order chi connectivity index (χ1) is 17.5. The minimum Gasteiger partial charge on any atom is -0.508 e. The number of phenols is 1. The van der Waals surface area contributed by atoms with E-state index < -0.39 is 0 Å². The molecule has 1 aliphatic heterocycles. The molecule has 2 aromatic rings. The molecule has 4 nitrogen and oxygen atoms in total. The number of rotatable bonds is 9. The van der Waals surface area contributed by atoms with Crippen LogP contribution in [0.2, 0.25) is 0 Å². The van der Waals surface area contributed by atoms with E-state index in [1.807, 2.05) is 65.0 Å². The number of aromatic hydroxyl groups is 1. The van der Waals surface area contributed by atoms with Crippen molar-refractivity contribution in [3.05, 3.63) is 89.0 Å². The fourth-order valence-corrected chi connectivity index (χ4v) is 4.12. The number of nitrogens with zero attached hydrogens (tertiary/aromatic N) is 1. The summed E-state index contributed by atoms with van der Waals surface area (Å²) in [6, 6.07) is 15.4. The van der Waals surface area contributed by atoms with Gasteiger partial charge in [0.05, 0.1) is 6.61 Å². The molecule has 2 aromatic carbocycles. The van der Waals surface area contributed by atoms with Crippen LogP contribution in [0.25, 0.3) is 5.57 Å². The summed E-state index contributed by atoms with van der Waals surface area (Å²) in [5.41, 5.74) is 5.50. The van der Waals surface area contributed by atoms with Gasteiger partial charge >= 0.3 is 0 Å². The van der Waals surface area contributed by atoms with Crippen LogP contribution in [0.4, 0.5) is 0 Å². The van der Waals surface area contributed by atoms with Crippen LogP contribution < -0.4 is 4.74 Å². The third-order valence-corrected chi connectivity index (χ3v) is 5.83. The molecular weight excluding hydrogens is 446 g/mol. The Morgan fingerprint density at radius 2 is 1.50 bits per heavy atom. The molecule has 0 amide bonds. The van der Waals surface area contributed by atoms with Crippen LogP contribution in [0.1, 0.15) is 71.4 Å². The molecule has 198 valence electrons. The van der Waals surface area contributed by atoms with Crippen molar-refractivity contribution in [1.82, 2.24) is 4.90 Å². The number of hydrogen-bond acceptors (Lipinski definition) is 4. The Labute approximate surface area is 219 Å². The summed E-state index contributed by atoms with van der Waals surface area (Å²) in [5, 5.41) is 19.2. The number of ether oxygens (including phenoxy) is 1. The van der Waals surface area contributed by atoms with Gasteiger partial charge in [-0.25, -0.2) is 0 Å². The van der Waals surface area contributed by atoms with Gasteiger partial charge in [0.1, 0.15) is 11.5 Å². The number of hydrogen-bond donors (Lipinski definition) is 2. The summed E-state index contributed by atoms with van der Waals surface area (Å²) in [7, 11) is 2.17. The van der Waals surface area contributed by atoms with Gasteiger partial charge < -0.3 is 19.8 Å². The molecule has 4 heteroatoms. The Balaban J connectivity index is 0.000000694. The summed E-state index contributed by atoms with van der Waals surface area (Å²) in [6.07, 6.45) is 10.5. The fourth-order valence-electron chi connectivity index (χ4n) is 4.12. The molecule has 36 heavy (non-hydrogen) atoms. The molecule has 0 aliphatic carbocycles. The van der Waals surface area contributed by atoms with Crippen LogP contribution in [-0.4, -0.2) is 48.5 Å². The lowest BCUT2D eigenvalue weighted by molar-refractivity contribution is 0.289. The lowest BCUT2D eigenvalue weighted by Crippen LogP contribution is -2.10. The van der Waals surface area contributed by atoms with Crippen molar-refractivity contribution < 1.29 is 14.9 Å². The zero-order valence-corrected chi connectivity index (χ0v) is 23.3. The molecule has 0 radical (unpaired) electrons. The Kier molecular flexibility index (Phi) is 16.0. The van der Waals surface area contributed by atoms with E-state index in [1.54, 1.807) is 12.1 Å². The van der Waals surface area contributed by atoms with Gasteiger partial charge in [0.25, 0.3) is 0 Å². The molecule has 0 atom stereocenters. The topological polar surface area (TPSA) is 52.9 Å². The SMILES string of the molecule is CC.CN1CCCC1.C\C=C/C(=C\C)C(/CCCO)=C(/c1ccc(O)cc1)c1ccc(OCC)cc1. The molecule has 0 unspecified atom stereocenters. The van der Waals surface area contributed by atoms with Gasteiger partial charge in [-0.3, -0.25) is 0 Å². The van der Waals surface area contributed by atoms with Crippen molar-refractivity contribution >= 4 is 5.57 Å². The molecule has 0 spiro atoms. The first-order valence-electron chi connectivity index (χ1n) is 13.4. The monoisotopic (exact) mass is 493 g/mol. The number of aliphatic hydroxyl groups is 1. The number of allylic oxidation sites excluding steroid dienone is 5. The lowest BCUT2D eigenvalue weighted by Gasteiger charge is -2.18. The van der Waals surface area contributed by atoms with Gasteiger partial charge in [0.15, 0.2) is 0 Å². The highest BCUT2D eigenvalue weighted by Crippen LogP contribution is 2.35. The summed E-state index contributed by atoms with van der Waals surface area (Å²) in [5.74, 6) is 1.08. The third kappa shape index (κ3) is 10.4. The van der Waals surface area contributed by atoms with E-state index in [-0.39, 0.29) is 12.4 Å². The summed E-state index contributed by atoms with van der Waals surface area (Å²) >= 11 is 0. The van der Waals surface area contributed by atoms with Crippen molar-refractivity contribution in [1.29, 1.82) is 0 Å². The van der Waals surface area contributed by atoms with Crippen LogP contribution in [0.15, 0.2) is 77.9 Å². The second-order valence-corrected chi connectivity index (χ2v) is 8.44. The molecule has 3 rings (SSSR count). The highest BCUT2D eigenvalue weighted by Gasteiger charge is 2.15. The standard InChI is InChI=1S/C25H30O3.C5H11N.C2H6/c1-4-8-19(5-2)24(9-7-18-26)25(20-10-14-22(27)15-11-20)21-12-16-23(17-13-21)28-6-3;1-6-4-2-3-5-6;1-2/h4-5,8,10-17,26-27H,6-7,9,18H2,1-3H3;2-5H2,1H3;1-2H3/b8-4-,19-5+,25-24-;;. The zero-order valence-electron chi connectivity index (χ0n) is 23.3. The van der Waals surface area contributed by atoms with Crippen molar-refractivity contribution in [3.63, 3.8) is 0 Å². The van der Waals surface area contributed by atoms with E-state index in [0.29, 0.717) is 13.0 Å². The average Bonchev–Trinajstić information content (AvgIpc) is 3.39. The maximum Gasteiger partial charge on any atom is 0.119 e. The van der Waals surface area contributed by atoms with E-state index in [2.05, 4.69) is 36.2 Å². The molecule has 2 N–H and O–H groups in total. The maximum atomic E-state index is 9.74. The molecule has 1 fully saturated rings. The van der Waals surface area contributed by atoms with E-state index in [0.717, 1.165) is 34.4 Å². The summed E-state index contributed by atoms with van der Waals surface area (Å²) in [4.78, 5) is 2.36. The van der Waals surface area contributed by atoms with Crippen LogP contribution in [-0.2, 0) is 0 Å². The van der Waals surface area contributed by atoms with Crippen LogP contribution in [0.5, 0.6) is 11.5 Å². The van der Waals surface area contributed by atoms with Crippen LogP contribution >= 0.6 is 0 Å². The van der Waals surface area contributed by atoms with Gasteiger partial charge in [-0.1, -0.05) is 56.3 Å². The van der Waals surface area contributed by atoms with Crippen molar-refractivity contribution in [3.8, 4) is 11.5 Å². The van der Waals surface area contributed by atoms with E-state index in [1.165, 1.54) is 31.5 Å². The number of phenolic OH excluding ortho intramolecular Hbond substituents is 1. The first kappa shape index (κ1) is 31.2. The predicted octanol–water partition coefficient (Wildman–Crippen LogP) is 7.63. The summed E-state index contributed by atoms with van der Waals surface area (Å²) in [6.45, 7) is 13.4. The molecule has 1 heterocycles. The largest absolute Gasteiger partial charge is 0.508 e. The quantitative estimate of drug-likeness (QED) is 0.353. The van der Waals surface area contributed by atoms with Gasteiger partial charge in [0.2, 0.25) is 0 Å². The van der Waals surface area contributed by atoms with Crippen molar-refractivity contribution in [2.75, 3.05) is 33.4 Å². The Hall–Kier alpha value is -2.82. The second-order valence-electron chi connectivity index (χ2n) is 8.44. The van der Waals surface area contributed by atoms with Crippen molar-refractivity contribution in [2.45, 2.75) is 60.3 Å². The highest BCUT2D eigenvalue weighted by atomic mass is 16.5. The van der Waals surface area contributed by atoms with Crippen LogP contribution in [0, 0.1) is 0 Å². The molecular formula is C32H47NO3. The zero-order chi connectivity index (χ0) is 26.8. The minimum absolute atomic E-state index is 0.141. The average molecular weight is 494 g/mol. The molecule has 0 aromatic heterocycles. The van der Waals surface area contributed by atoms with Gasteiger partial charge in [-0.15, -0.1) is 0 Å². The van der Waals surface area contributed by atoms with Crippen LogP contribution in [0.3, 0.4) is 0 Å². The second kappa shape index (κ2) is 18.4. The first-order valence-corrected chi connectivity index (χ1v) is 13.4. The smallest absolute Gasteiger partial charge is 0.119 e. The molecule has 1 aliphatic rings. The van der Waals surface area contributed by atoms with Gasteiger partial charge in [0, 0.05) is 6.61 Å². The maximum absolute atomic E-state index is 9.74. The number of likely N-dealkylation sites (tertiary alicyclic amines) is 1. The minimum atomic E-state index is 0.141. The van der Waals surface area contributed by atoms with E-state index >= 15 is 0 Å². The Morgan fingerprint density at radius 3 is 1.92 bits per heavy atom.